The smallest absolute Gasteiger partial charge is 0.156 e. The topological polar surface area (TPSA) is 53.9 Å². The van der Waals surface area contributed by atoms with Crippen LogP contribution in [-0.2, 0) is 16.1 Å². The third-order valence-electron chi connectivity index (χ3n) is 4.71. The fraction of sp³-hybridized carbons (Fsp3) is 0.611. The molecular formula is C18H24BrNO3S. The van der Waals surface area contributed by atoms with Gasteiger partial charge in [0, 0.05) is 17.1 Å². The number of hydrogen-bond acceptors (Lipinski definition) is 4. The summed E-state index contributed by atoms with van der Waals surface area (Å²) in [5.74, 6) is 0.832. The van der Waals surface area contributed by atoms with Gasteiger partial charge in [0.1, 0.15) is 27.6 Å². The zero-order chi connectivity index (χ0) is 17.5. The van der Waals surface area contributed by atoms with E-state index in [0.717, 1.165) is 47.2 Å². The normalized spacial score (nSPS) is 29.6. The maximum absolute atomic E-state index is 12.7. The molecule has 1 aromatic rings. The van der Waals surface area contributed by atoms with E-state index in [1.165, 1.54) is 0 Å². The Hall–Kier alpha value is -0.560. The molecule has 4 nitrogen and oxygen atoms in total. The van der Waals surface area contributed by atoms with Gasteiger partial charge >= 0.3 is 0 Å². The Kier molecular flexibility index (Phi) is 5.04. The molecule has 0 saturated heterocycles. The number of rotatable bonds is 2. The fourth-order valence-corrected chi connectivity index (χ4v) is 4.33. The van der Waals surface area contributed by atoms with Gasteiger partial charge in [0.15, 0.2) is 5.60 Å². The zero-order valence-electron chi connectivity index (χ0n) is 14.6. The molecule has 1 aliphatic heterocycles. The van der Waals surface area contributed by atoms with Crippen LogP contribution in [0.15, 0.2) is 27.1 Å². The summed E-state index contributed by atoms with van der Waals surface area (Å²) in [6, 6.07) is 5.95. The number of benzene rings is 1. The van der Waals surface area contributed by atoms with E-state index >= 15 is 0 Å². The minimum atomic E-state index is -1.32. The lowest BCUT2D eigenvalue weighted by atomic mass is 9.79. The highest BCUT2D eigenvalue weighted by Gasteiger charge is 2.50. The molecule has 0 radical (unpaired) electrons. The first-order valence-electron chi connectivity index (χ1n) is 8.28. The lowest BCUT2D eigenvalue weighted by molar-refractivity contribution is 0.0143. The van der Waals surface area contributed by atoms with Crippen molar-refractivity contribution in [2.75, 3.05) is 7.11 Å². The summed E-state index contributed by atoms with van der Waals surface area (Å²) in [6.07, 6.45) is 3.78. The van der Waals surface area contributed by atoms with Crippen LogP contribution in [0, 0.1) is 0 Å². The molecule has 132 valence electrons. The number of halogens is 1. The highest BCUT2D eigenvalue weighted by molar-refractivity contribution is 9.10. The van der Waals surface area contributed by atoms with Gasteiger partial charge in [0.2, 0.25) is 0 Å². The highest BCUT2D eigenvalue weighted by Crippen LogP contribution is 2.45. The number of methoxy groups -OCH3 is 1. The van der Waals surface area contributed by atoms with E-state index in [1.54, 1.807) is 7.11 Å². The van der Waals surface area contributed by atoms with E-state index in [-0.39, 0.29) is 6.10 Å². The van der Waals surface area contributed by atoms with Crippen LogP contribution < -0.4 is 4.74 Å². The van der Waals surface area contributed by atoms with Crippen molar-refractivity contribution in [1.29, 1.82) is 0 Å². The van der Waals surface area contributed by atoms with Crippen LogP contribution in [0.3, 0.4) is 0 Å². The third-order valence-corrected chi connectivity index (χ3v) is 6.59. The van der Waals surface area contributed by atoms with Crippen molar-refractivity contribution in [3.05, 3.63) is 28.2 Å². The second-order valence-electron chi connectivity index (χ2n) is 7.47. The van der Waals surface area contributed by atoms with Gasteiger partial charge in [-0.2, -0.15) is 0 Å². The average molecular weight is 414 g/mol. The SMILES string of the molecule is COC1CCC2(CC1)Oc1ccc(Br)cc1/C2=N/[S+]([O-])C(C)(C)C. The van der Waals surface area contributed by atoms with Gasteiger partial charge in [-0.05, 0) is 64.7 Å². The van der Waals surface area contributed by atoms with Crippen LogP contribution in [0.5, 0.6) is 5.75 Å². The van der Waals surface area contributed by atoms with E-state index in [9.17, 15) is 4.55 Å². The summed E-state index contributed by atoms with van der Waals surface area (Å²) in [5, 5.41) is 0. The van der Waals surface area contributed by atoms with Crippen molar-refractivity contribution in [3.8, 4) is 5.75 Å². The summed E-state index contributed by atoms with van der Waals surface area (Å²) in [7, 11) is 1.76. The molecule has 1 aromatic carbocycles. The van der Waals surface area contributed by atoms with Crippen LogP contribution >= 0.6 is 15.9 Å². The van der Waals surface area contributed by atoms with Crippen LogP contribution in [0.4, 0.5) is 0 Å². The highest BCUT2D eigenvalue weighted by atomic mass is 79.9. The molecule has 0 aromatic heterocycles. The summed E-state index contributed by atoms with van der Waals surface area (Å²) in [5.41, 5.74) is 1.32. The molecule has 2 aliphatic rings. The first-order valence-corrected chi connectivity index (χ1v) is 10.2. The third kappa shape index (κ3) is 3.39. The molecular weight excluding hydrogens is 390 g/mol. The number of hydrogen-bond donors (Lipinski definition) is 0. The summed E-state index contributed by atoms with van der Waals surface area (Å²) in [4.78, 5) is 0. The van der Waals surface area contributed by atoms with Crippen molar-refractivity contribution < 1.29 is 14.0 Å². The molecule has 6 heteroatoms. The monoisotopic (exact) mass is 413 g/mol. The first-order chi connectivity index (χ1) is 11.2. The first kappa shape index (κ1) is 18.2. The molecule has 1 spiro atoms. The van der Waals surface area contributed by atoms with Crippen LogP contribution in [0.25, 0.3) is 0 Å². The second kappa shape index (κ2) is 6.63. The van der Waals surface area contributed by atoms with Gasteiger partial charge < -0.3 is 14.0 Å². The number of fused-ring (bicyclic) bond motifs is 1. The number of ether oxygens (including phenoxy) is 2. The van der Waals surface area contributed by atoms with Gasteiger partial charge in [-0.1, -0.05) is 20.3 Å². The largest absolute Gasteiger partial charge is 0.591 e. The Morgan fingerprint density at radius 3 is 2.58 bits per heavy atom. The van der Waals surface area contributed by atoms with Gasteiger partial charge in [-0.15, -0.1) is 0 Å². The second-order valence-corrected chi connectivity index (χ2v) is 10.3. The molecule has 1 saturated carbocycles. The lowest BCUT2D eigenvalue weighted by Gasteiger charge is -2.36. The van der Waals surface area contributed by atoms with E-state index in [1.807, 2.05) is 39.0 Å². The van der Waals surface area contributed by atoms with Crippen LogP contribution in [0.1, 0.15) is 52.0 Å². The van der Waals surface area contributed by atoms with Crippen molar-refractivity contribution in [1.82, 2.24) is 0 Å². The molecule has 1 atom stereocenters. The van der Waals surface area contributed by atoms with Crippen molar-refractivity contribution in [3.63, 3.8) is 0 Å². The maximum Gasteiger partial charge on any atom is 0.156 e. The van der Waals surface area contributed by atoms with Gasteiger partial charge in [-0.3, -0.25) is 0 Å². The summed E-state index contributed by atoms with van der Waals surface area (Å²) in [6.45, 7) is 5.83. The van der Waals surface area contributed by atoms with Crippen LogP contribution in [-0.4, -0.2) is 33.8 Å². The fourth-order valence-electron chi connectivity index (χ4n) is 3.26. The molecule has 1 aliphatic carbocycles. The van der Waals surface area contributed by atoms with Gasteiger partial charge in [0.05, 0.1) is 6.10 Å². The molecule has 1 fully saturated rings. The van der Waals surface area contributed by atoms with Gasteiger partial charge in [-0.25, -0.2) is 0 Å². The molecule has 0 bridgehead atoms. The molecule has 0 N–H and O–H groups in total. The van der Waals surface area contributed by atoms with E-state index in [0.29, 0.717) is 0 Å². The molecule has 1 unspecified atom stereocenters. The Labute approximate surface area is 155 Å². The quantitative estimate of drug-likeness (QED) is 0.674. The average Bonchev–Trinajstić information content (AvgIpc) is 2.81. The minimum absolute atomic E-state index is 0.268. The minimum Gasteiger partial charge on any atom is -0.591 e. The standard InChI is InChI=1S/C18H24BrNO3S/c1-17(2,3)24(21)20-16-14-11-12(19)5-6-15(14)23-18(16)9-7-13(22-4)8-10-18/h5-6,11,13H,7-10H2,1-4H3/b20-16-. The van der Waals surface area contributed by atoms with E-state index in [4.69, 9.17) is 9.47 Å². The Morgan fingerprint density at radius 2 is 2.00 bits per heavy atom. The summed E-state index contributed by atoms with van der Waals surface area (Å²) >= 11 is 2.21. The predicted molar refractivity (Wildman–Crippen MR) is 101 cm³/mol. The van der Waals surface area contributed by atoms with Gasteiger partial charge in [0.25, 0.3) is 0 Å². The molecule has 1 heterocycles. The van der Waals surface area contributed by atoms with E-state index in [2.05, 4.69) is 20.3 Å². The maximum atomic E-state index is 12.7. The number of nitrogens with zero attached hydrogens (tertiary/aromatic N) is 1. The molecule has 3 rings (SSSR count). The van der Waals surface area contributed by atoms with Crippen molar-refractivity contribution >= 4 is 33.0 Å². The van der Waals surface area contributed by atoms with Crippen LogP contribution in [0.2, 0.25) is 0 Å². The zero-order valence-corrected chi connectivity index (χ0v) is 17.0. The Bertz CT molecular complexity index is 648. The Morgan fingerprint density at radius 1 is 1.33 bits per heavy atom. The summed E-state index contributed by atoms with van der Waals surface area (Å²) < 4.78 is 29.8. The van der Waals surface area contributed by atoms with Crippen molar-refractivity contribution in [2.45, 2.75) is 62.9 Å². The molecule has 0 amide bonds. The Balaban J connectivity index is 2.02. The van der Waals surface area contributed by atoms with Crippen molar-refractivity contribution in [2.24, 2.45) is 4.40 Å². The predicted octanol–water partition coefficient (Wildman–Crippen LogP) is 4.42. The molecule has 24 heavy (non-hydrogen) atoms. The lowest BCUT2D eigenvalue weighted by Crippen LogP contribution is -2.46. The van der Waals surface area contributed by atoms with E-state index < -0.39 is 21.7 Å².